The first-order valence-electron chi connectivity index (χ1n) is 8.91. The lowest BCUT2D eigenvalue weighted by Crippen LogP contribution is -2.54. The number of amides is 2. The molecule has 1 aromatic heterocycles. The molecule has 26 heavy (non-hydrogen) atoms. The van der Waals surface area contributed by atoms with Crippen molar-refractivity contribution in [1.29, 1.82) is 0 Å². The van der Waals surface area contributed by atoms with E-state index in [-0.39, 0.29) is 17.7 Å². The van der Waals surface area contributed by atoms with Gasteiger partial charge in [-0.15, -0.1) is 10.2 Å². The summed E-state index contributed by atoms with van der Waals surface area (Å²) in [5.74, 6) is 0.494. The molecule has 7 heteroatoms. The van der Waals surface area contributed by atoms with Crippen molar-refractivity contribution in [1.82, 2.24) is 15.1 Å². The summed E-state index contributed by atoms with van der Waals surface area (Å²) in [4.78, 5) is 14.3. The molecule has 1 fully saturated rings. The van der Waals surface area contributed by atoms with Crippen molar-refractivity contribution in [2.45, 2.75) is 52.2 Å². The smallest absolute Gasteiger partial charge is 0.323 e. The Morgan fingerprint density at radius 3 is 2.62 bits per heavy atom. The average molecular weight is 375 g/mol. The van der Waals surface area contributed by atoms with E-state index < -0.39 is 0 Å². The Bertz CT molecular complexity index is 770. The van der Waals surface area contributed by atoms with Crippen LogP contribution in [0.5, 0.6) is 0 Å². The summed E-state index contributed by atoms with van der Waals surface area (Å²) >= 11 is 1.38. The maximum absolute atomic E-state index is 12.6. The number of benzene rings is 1. The fourth-order valence-electron chi connectivity index (χ4n) is 3.18. The van der Waals surface area contributed by atoms with Gasteiger partial charge in [-0.25, -0.2) is 4.79 Å². The van der Waals surface area contributed by atoms with Gasteiger partial charge in [-0.3, -0.25) is 5.32 Å². The van der Waals surface area contributed by atoms with Crippen molar-refractivity contribution < 1.29 is 9.53 Å². The molecule has 1 saturated heterocycles. The van der Waals surface area contributed by atoms with Crippen molar-refractivity contribution in [2.75, 3.05) is 18.4 Å². The fourth-order valence-corrected chi connectivity index (χ4v) is 3.92. The van der Waals surface area contributed by atoms with Crippen LogP contribution in [0.1, 0.15) is 46.1 Å². The minimum atomic E-state index is -0.348. The first-order valence-corrected chi connectivity index (χ1v) is 9.73. The van der Waals surface area contributed by atoms with Crippen LogP contribution in [0.2, 0.25) is 0 Å². The average Bonchev–Trinajstić information content (AvgIpc) is 3.01. The normalized spacial score (nSPS) is 19.6. The summed E-state index contributed by atoms with van der Waals surface area (Å²) in [7, 11) is 0. The van der Waals surface area contributed by atoms with Gasteiger partial charge in [-0.1, -0.05) is 49.4 Å². The molecule has 140 valence electrons. The van der Waals surface area contributed by atoms with E-state index in [1.54, 1.807) is 4.90 Å². The first-order chi connectivity index (χ1) is 12.2. The zero-order valence-electron chi connectivity index (χ0n) is 15.9. The van der Waals surface area contributed by atoms with Crippen molar-refractivity contribution in [3.63, 3.8) is 0 Å². The molecule has 0 bridgehead atoms. The van der Waals surface area contributed by atoms with Gasteiger partial charge in [-0.05, 0) is 32.3 Å². The predicted octanol–water partition coefficient (Wildman–Crippen LogP) is 4.36. The molecule has 2 heterocycles. The molecular weight excluding hydrogens is 348 g/mol. The lowest BCUT2D eigenvalue weighted by molar-refractivity contribution is -0.116. The number of carbonyl (C=O) groups is 1. The van der Waals surface area contributed by atoms with Crippen LogP contribution in [-0.4, -0.2) is 45.9 Å². The molecule has 0 aliphatic carbocycles. The maximum atomic E-state index is 12.6. The van der Waals surface area contributed by atoms with Crippen molar-refractivity contribution >= 4 is 22.5 Å². The molecule has 0 saturated carbocycles. The number of hydrogen-bond acceptors (Lipinski definition) is 5. The minimum Gasteiger partial charge on any atom is -0.369 e. The maximum Gasteiger partial charge on any atom is 0.323 e. The highest BCUT2D eigenvalue weighted by Gasteiger charge is 2.34. The topological polar surface area (TPSA) is 67.4 Å². The minimum absolute atomic E-state index is 0.00829. The molecule has 3 rings (SSSR count). The summed E-state index contributed by atoms with van der Waals surface area (Å²) in [6.45, 7) is 11.4. The quantitative estimate of drug-likeness (QED) is 0.867. The number of urea groups is 1. The van der Waals surface area contributed by atoms with Gasteiger partial charge in [0.25, 0.3) is 0 Å². The molecule has 1 aromatic carbocycles. The highest BCUT2D eigenvalue weighted by atomic mass is 32.1. The molecule has 0 unspecified atom stereocenters. The Morgan fingerprint density at radius 1 is 1.31 bits per heavy atom. The van der Waals surface area contributed by atoms with Gasteiger partial charge in [-0.2, -0.15) is 0 Å². The van der Waals surface area contributed by atoms with Gasteiger partial charge in [0.1, 0.15) is 5.01 Å². The molecule has 2 amide bonds. The van der Waals surface area contributed by atoms with Gasteiger partial charge in [0.05, 0.1) is 18.2 Å². The number of rotatable bonds is 3. The summed E-state index contributed by atoms with van der Waals surface area (Å²) in [5.41, 5.74) is 1.95. The molecular formula is C19H26N4O2S. The van der Waals surface area contributed by atoms with E-state index in [1.807, 2.05) is 32.9 Å². The van der Waals surface area contributed by atoms with Crippen LogP contribution in [-0.2, 0) is 4.74 Å². The second-order valence-electron chi connectivity index (χ2n) is 7.69. The van der Waals surface area contributed by atoms with Crippen LogP contribution in [0.4, 0.5) is 9.93 Å². The van der Waals surface area contributed by atoms with E-state index in [0.29, 0.717) is 24.1 Å². The fraction of sp³-hybridized carbons (Fsp3) is 0.526. The number of aromatic nitrogens is 2. The lowest BCUT2D eigenvalue weighted by atomic mass is 10.0. The van der Waals surface area contributed by atoms with Crippen LogP contribution in [0.15, 0.2) is 24.3 Å². The number of morpholine rings is 1. The standard InChI is InChI=1S/C19H26N4O2S/c1-12(2)14-6-8-15(9-7-14)16-21-22-17(26-16)20-18(24)23-10-13(3)25-19(4,5)11-23/h6-9,12-13H,10-11H2,1-5H3,(H,20,22,24)/t13-/m0/s1. The molecule has 0 radical (unpaired) electrons. The number of nitrogens with one attached hydrogen (secondary N) is 1. The van der Waals surface area contributed by atoms with Crippen LogP contribution in [0.25, 0.3) is 10.6 Å². The van der Waals surface area contributed by atoms with Gasteiger partial charge in [0.2, 0.25) is 5.13 Å². The number of anilines is 1. The molecule has 6 nitrogen and oxygen atoms in total. The molecule has 1 N–H and O–H groups in total. The van der Waals surface area contributed by atoms with Gasteiger partial charge < -0.3 is 9.64 Å². The number of ether oxygens (including phenoxy) is 1. The number of carbonyl (C=O) groups excluding carboxylic acids is 1. The van der Waals surface area contributed by atoms with E-state index in [9.17, 15) is 4.79 Å². The van der Waals surface area contributed by atoms with Crippen LogP contribution >= 0.6 is 11.3 Å². The SMILES string of the molecule is CC(C)c1ccc(-c2nnc(NC(=O)N3C[C@H](C)OC(C)(C)C3)s2)cc1. The summed E-state index contributed by atoms with van der Waals surface area (Å²) in [5, 5.41) is 12.5. The first kappa shape index (κ1) is 18.8. The largest absolute Gasteiger partial charge is 0.369 e. The lowest BCUT2D eigenvalue weighted by Gasteiger charge is -2.41. The highest BCUT2D eigenvalue weighted by molar-refractivity contribution is 7.18. The molecule has 2 aromatic rings. The number of nitrogens with zero attached hydrogens (tertiary/aromatic N) is 3. The third-order valence-corrected chi connectivity index (χ3v) is 5.21. The monoisotopic (exact) mass is 374 g/mol. The van der Waals surface area contributed by atoms with E-state index >= 15 is 0 Å². The summed E-state index contributed by atoms with van der Waals surface area (Å²) < 4.78 is 5.85. The van der Waals surface area contributed by atoms with E-state index in [2.05, 4.69) is 41.5 Å². The van der Waals surface area contributed by atoms with Gasteiger partial charge in [0, 0.05) is 12.1 Å². The second-order valence-corrected chi connectivity index (χ2v) is 8.67. The van der Waals surface area contributed by atoms with E-state index in [4.69, 9.17) is 4.74 Å². The van der Waals surface area contributed by atoms with Crippen molar-refractivity contribution in [2.24, 2.45) is 0 Å². The highest BCUT2D eigenvalue weighted by Crippen LogP contribution is 2.28. The van der Waals surface area contributed by atoms with Gasteiger partial charge in [0.15, 0.2) is 0 Å². The molecule has 1 aliphatic heterocycles. The second kappa shape index (κ2) is 7.32. The van der Waals surface area contributed by atoms with Crippen LogP contribution < -0.4 is 5.32 Å². The van der Waals surface area contributed by atoms with Crippen molar-refractivity contribution in [3.05, 3.63) is 29.8 Å². The van der Waals surface area contributed by atoms with E-state index in [1.165, 1.54) is 16.9 Å². The van der Waals surface area contributed by atoms with Crippen LogP contribution in [0, 0.1) is 0 Å². The Balaban J connectivity index is 1.67. The van der Waals surface area contributed by atoms with E-state index in [0.717, 1.165) is 10.6 Å². The summed E-state index contributed by atoms with van der Waals surface area (Å²) in [6, 6.07) is 8.15. The number of hydrogen-bond donors (Lipinski definition) is 1. The Kier molecular flexibility index (Phi) is 5.29. The van der Waals surface area contributed by atoms with Crippen LogP contribution in [0.3, 0.4) is 0 Å². The Labute approximate surface area is 158 Å². The Morgan fingerprint density at radius 2 is 2.00 bits per heavy atom. The Hall–Kier alpha value is -1.99. The predicted molar refractivity (Wildman–Crippen MR) is 105 cm³/mol. The third kappa shape index (κ3) is 4.40. The molecule has 1 aliphatic rings. The summed E-state index contributed by atoms with van der Waals surface area (Å²) in [6.07, 6.45) is 0.00829. The molecule has 1 atom stereocenters. The van der Waals surface area contributed by atoms with Gasteiger partial charge >= 0.3 is 6.03 Å². The third-order valence-electron chi connectivity index (χ3n) is 4.32. The zero-order valence-corrected chi connectivity index (χ0v) is 16.8. The molecule has 0 spiro atoms. The zero-order chi connectivity index (χ0) is 18.9. The van der Waals surface area contributed by atoms with Crippen molar-refractivity contribution in [3.8, 4) is 10.6 Å².